The maximum Gasteiger partial charge on any atom is 0.143 e. The number of hydrogen-bond donors (Lipinski definition) is 0. The molecule has 1 aromatic heterocycles. The molecular formula is C52H33NO. The average molecular weight is 688 g/mol. The second kappa shape index (κ2) is 12.2. The number of benzene rings is 10. The van der Waals surface area contributed by atoms with Crippen LogP contribution < -0.4 is 4.90 Å². The second-order valence-electron chi connectivity index (χ2n) is 14.1. The maximum absolute atomic E-state index is 6.66. The fourth-order valence-corrected chi connectivity index (χ4v) is 8.42. The first-order chi connectivity index (χ1) is 26.8. The van der Waals surface area contributed by atoms with Crippen LogP contribution in [0.4, 0.5) is 17.1 Å². The third kappa shape index (κ3) is 4.88. The molecule has 2 nitrogen and oxygen atoms in total. The number of nitrogens with zero attached hydrogens (tertiary/aromatic N) is 1. The molecule has 0 aliphatic rings. The number of anilines is 3. The zero-order valence-corrected chi connectivity index (χ0v) is 29.4. The van der Waals surface area contributed by atoms with Gasteiger partial charge in [-0.3, -0.25) is 0 Å². The van der Waals surface area contributed by atoms with Gasteiger partial charge in [0.25, 0.3) is 0 Å². The molecule has 0 aliphatic heterocycles. The summed E-state index contributed by atoms with van der Waals surface area (Å²) in [6, 6.07) is 72.3. The number of hydrogen-bond acceptors (Lipinski definition) is 2. The van der Waals surface area contributed by atoms with Gasteiger partial charge >= 0.3 is 0 Å². The number of furan rings is 1. The van der Waals surface area contributed by atoms with Gasteiger partial charge in [-0.05, 0) is 115 Å². The lowest BCUT2D eigenvalue weighted by molar-refractivity contribution is 0.672. The standard InChI is InChI=1S/C52H33NO/c1-2-11-34(12-3-1)35-23-27-41(28-24-35)53(49-19-10-20-50-51(49)47-30-26-36-13-4-7-16-44(36)52(47)54-50)42-29-25-37-31-40(22-21-38(37)32-42)48-33-39-14-5-6-15-43(39)45-17-8-9-18-46(45)48/h1-33H. The first-order valence-corrected chi connectivity index (χ1v) is 18.5. The quantitative estimate of drug-likeness (QED) is 0.168. The average Bonchev–Trinajstić information content (AvgIpc) is 3.64. The van der Waals surface area contributed by atoms with Gasteiger partial charge in [-0.1, -0.05) is 146 Å². The number of fused-ring (bicyclic) bond motifs is 9. The molecule has 11 rings (SSSR count). The van der Waals surface area contributed by atoms with Crippen LogP contribution in [-0.4, -0.2) is 0 Å². The van der Waals surface area contributed by atoms with E-state index in [1.807, 2.05) is 0 Å². The Morgan fingerprint density at radius 3 is 1.81 bits per heavy atom. The summed E-state index contributed by atoms with van der Waals surface area (Å²) in [6.07, 6.45) is 0. The second-order valence-corrected chi connectivity index (χ2v) is 14.1. The van der Waals surface area contributed by atoms with E-state index in [2.05, 4.69) is 205 Å². The first kappa shape index (κ1) is 30.5. The minimum atomic E-state index is 0.873. The molecule has 0 saturated carbocycles. The van der Waals surface area contributed by atoms with Crippen LogP contribution in [-0.2, 0) is 0 Å². The zero-order chi connectivity index (χ0) is 35.6. The van der Waals surface area contributed by atoms with E-state index in [1.165, 1.54) is 60.0 Å². The zero-order valence-electron chi connectivity index (χ0n) is 29.4. The van der Waals surface area contributed by atoms with Crippen molar-refractivity contribution in [2.45, 2.75) is 0 Å². The summed E-state index contributed by atoms with van der Waals surface area (Å²) in [5.41, 5.74) is 9.88. The van der Waals surface area contributed by atoms with Crippen LogP contribution in [0.1, 0.15) is 0 Å². The van der Waals surface area contributed by atoms with Crippen molar-refractivity contribution in [2.75, 3.05) is 4.90 Å². The van der Waals surface area contributed by atoms with Gasteiger partial charge in [0.1, 0.15) is 11.2 Å². The summed E-state index contributed by atoms with van der Waals surface area (Å²) in [6.45, 7) is 0. The van der Waals surface area contributed by atoms with E-state index in [4.69, 9.17) is 4.42 Å². The molecule has 54 heavy (non-hydrogen) atoms. The molecule has 0 bridgehead atoms. The summed E-state index contributed by atoms with van der Waals surface area (Å²) in [7, 11) is 0. The van der Waals surface area contributed by atoms with Crippen molar-refractivity contribution in [3.05, 3.63) is 200 Å². The van der Waals surface area contributed by atoms with Crippen LogP contribution in [0.25, 0.3) is 87.3 Å². The molecule has 0 fully saturated rings. The molecule has 252 valence electrons. The Kier molecular flexibility index (Phi) is 6.90. The van der Waals surface area contributed by atoms with Gasteiger partial charge in [-0.25, -0.2) is 0 Å². The predicted molar refractivity (Wildman–Crippen MR) is 229 cm³/mol. The Hall–Kier alpha value is -7.16. The SMILES string of the molecule is c1ccc(-c2ccc(N(c3ccc4cc(-c5cc6ccccc6c6ccccc56)ccc4c3)c3cccc4oc5c6ccccc6ccc5c34)cc2)cc1. The van der Waals surface area contributed by atoms with Gasteiger partial charge < -0.3 is 9.32 Å². The summed E-state index contributed by atoms with van der Waals surface area (Å²) in [5, 5.41) is 12.0. The lowest BCUT2D eigenvalue weighted by Crippen LogP contribution is -2.10. The highest BCUT2D eigenvalue weighted by atomic mass is 16.3. The Morgan fingerprint density at radius 2 is 0.963 bits per heavy atom. The highest BCUT2D eigenvalue weighted by molar-refractivity contribution is 6.20. The first-order valence-electron chi connectivity index (χ1n) is 18.5. The minimum absolute atomic E-state index is 0.873. The predicted octanol–water partition coefficient (Wildman–Crippen LogP) is 15.0. The van der Waals surface area contributed by atoms with E-state index >= 15 is 0 Å². The molecule has 1 heterocycles. The molecule has 0 atom stereocenters. The molecule has 0 N–H and O–H groups in total. The Balaban J connectivity index is 1.09. The van der Waals surface area contributed by atoms with Crippen molar-refractivity contribution in [2.24, 2.45) is 0 Å². The van der Waals surface area contributed by atoms with Crippen LogP contribution in [0.3, 0.4) is 0 Å². The highest BCUT2D eigenvalue weighted by Gasteiger charge is 2.21. The van der Waals surface area contributed by atoms with Gasteiger partial charge in [0.15, 0.2) is 0 Å². The molecule has 10 aromatic carbocycles. The molecule has 0 radical (unpaired) electrons. The Morgan fingerprint density at radius 1 is 0.333 bits per heavy atom. The fraction of sp³-hybridized carbons (Fsp3) is 0. The van der Waals surface area contributed by atoms with Gasteiger partial charge in [0.05, 0.1) is 11.1 Å². The van der Waals surface area contributed by atoms with E-state index < -0.39 is 0 Å². The summed E-state index contributed by atoms with van der Waals surface area (Å²) in [4.78, 5) is 2.38. The molecule has 2 heteroatoms. The van der Waals surface area contributed by atoms with Crippen molar-refractivity contribution in [1.82, 2.24) is 0 Å². The Labute approximate surface area is 312 Å². The largest absolute Gasteiger partial charge is 0.455 e. The molecule has 0 unspecified atom stereocenters. The van der Waals surface area contributed by atoms with Crippen LogP contribution >= 0.6 is 0 Å². The van der Waals surface area contributed by atoms with E-state index in [-0.39, 0.29) is 0 Å². The van der Waals surface area contributed by atoms with Crippen molar-refractivity contribution in [1.29, 1.82) is 0 Å². The summed E-state index contributed by atoms with van der Waals surface area (Å²) in [5.74, 6) is 0. The van der Waals surface area contributed by atoms with Gasteiger partial charge in [0, 0.05) is 22.1 Å². The van der Waals surface area contributed by atoms with E-state index in [0.717, 1.165) is 44.4 Å². The molecule has 0 saturated heterocycles. The highest BCUT2D eigenvalue weighted by Crippen LogP contribution is 2.45. The van der Waals surface area contributed by atoms with Crippen LogP contribution in [0.5, 0.6) is 0 Å². The van der Waals surface area contributed by atoms with Crippen LogP contribution in [0.15, 0.2) is 205 Å². The topological polar surface area (TPSA) is 16.4 Å². The monoisotopic (exact) mass is 687 g/mol. The van der Waals surface area contributed by atoms with E-state index in [1.54, 1.807) is 0 Å². The van der Waals surface area contributed by atoms with Crippen LogP contribution in [0, 0.1) is 0 Å². The van der Waals surface area contributed by atoms with Gasteiger partial charge in [-0.15, -0.1) is 0 Å². The smallest absolute Gasteiger partial charge is 0.143 e. The third-order valence-electron chi connectivity index (χ3n) is 11.0. The fourth-order valence-electron chi connectivity index (χ4n) is 8.42. The maximum atomic E-state index is 6.66. The summed E-state index contributed by atoms with van der Waals surface area (Å²) >= 11 is 0. The van der Waals surface area contributed by atoms with Gasteiger partial charge in [0.2, 0.25) is 0 Å². The molecular weight excluding hydrogens is 655 g/mol. The van der Waals surface area contributed by atoms with Crippen molar-refractivity contribution >= 4 is 82.1 Å². The van der Waals surface area contributed by atoms with Gasteiger partial charge in [-0.2, -0.15) is 0 Å². The van der Waals surface area contributed by atoms with Crippen molar-refractivity contribution in [3.63, 3.8) is 0 Å². The van der Waals surface area contributed by atoms with Crippen LogP contribution in [0.2, 0.25) is 0 Å². The van der Waals surface area contributed by atoms with Crippen molar-refractivity contribution in [3.8, 4) is 22.3 Å². The normalized spacial score (nSPS) is 11.7. The third-order valence-corrected chi connectivity index (χ3v) is 11.0. The Bertz CT molecular complexity index is 3210. The van der Waals surface area contributed by atoms with E-state index in [9.17, 15) is 0 Å². The minimum Gasteiger partial charge on any atom is -0.455 e. The number of rotatable bonds is 5. The van der Waals surface area contributed by atoms with E-state index in [0.29, 0.717) is 0 Å². The summed E-state index contributed by atoms with van der Waals surface area (Å²) < 4.78 is 6.66. The molecule has 0 amide bonds. The lowest BCUT2D eigenvalue weighted by atomic mass is 9.92. The lowest BCUT2D eigenvalue weighted by Gasteiger charge is -2.27. The van der Waals surface area contributed by atoms with Crippen molar-refractivity contribution < 1.29 is 4.42 Å². The molecule has 0 spiro atoms. The molecule has 11 aromatic rings. The molecule has 0 aliphatic carbocycles.